The Morgan fingerprint density at radius 2 is 2.14 bits per heavy atom. The van der Waals surface area contributed by atoms with Gasteiger partial charge in [-0.2, -0.15) is 0 Å². The van der Waals surface area contributed by atoms with Crippen LogP contribution in [0.2, 0.25) is 0 Å². The van der Waals surface area contributed by atoms with Gasteiger partial charge in [-0.05, 0) is 13.0 Å². The second-order valence-electron chi connectivity index (χ2n) is 5.14. The van der Waals surface area contributed by atoms with E-state index in [-0.39, 0.29) is 0 Å². The summed E-state index contributed by atoms with van der Waals surface area (Å²) in [5.74, 6) is 1.66. The molecule has 1 N–H and O–H groups in total. The quantitative estimate of drug-likeness (QED) is 0.850. The first-order valence-electron chi connectivity index (χ1n) is 7.03. The van der Waals surface area contributed by atoms with Crippen LogP contribution in [0.25, 0.3) is 0 Å². The lowest BCUT2D eigenvalue weighted by Gasteiger charge is -2.14. The molecule has 1 aromatic carbocycles. The van der Waals surface area contributed by atoms with Crippen molar-refractivity contribution >= 4 is 11.3 Å². The Balaban J connectivity index is 2.10. The maximum atomic E-state index is 5.96. The average molecular weight is 306 g/mol. The number of ether oxygens (including phenoxy) is 2. The molecule has 21 heavy (non-hydrogen) atoms. The number of hydrogen-bond acceptors (Lipinski definition) is 5. The fourth-order valence-electron chi connectivity index (χ4n) is 1.88. The maximum Gasteiger partial charge on any atom is 0.128 e. The molecule has 0 bridgehead atoms. The van der Waals surface area contributed by atoms with Crippen molar-refractivity contribution in [3.8, 4) is 11.5 Å². The summed E-state index contributed by atoms with van der Waals surface area (Å²) in [5, 5.41) is 4.47. The van der Waals surface area contributed by atoms with Gasteiger partial charge in [-0.3, -0.25) is 0 Å². The maximum absolute atomic E-state index is 5.96. The van der Waals surface area contributed by atoms with E-state index in [2.05, 4.69) is 24.1 Å². The predicted molar refractivity (Wildman–Crippen MR) is 86.2 cm³/mol. The van der Waals surface area contributed by atoms with Gasteiger partial charge in [0.05, 0.1) is 17.0 Å². The van der Waals surface area contributed by atoms with Crippen LogP contribution < -0.4 is 14.8 Å². The van der Waals surface area contributed by atoms with Gasteiger partial charge < -0.3 is 14.8 Å². The molecule has 1 aromatic heterocycles. The lowest BCUT2D eigenvalue weighted by atomic mass is 10.2. The Bertz CT molecular complexity index is 581. The summed E-state index contributed by atoms with van der Waals surface area (Å²) in [6.07, 6.45) is 1.87. The molecule has 0 amide bonds. The molecule has 4 nitrogen and oxygen atoms in total. The summed E-state index contributed by atoms with van der Waals surface area (Å²) in [5.41, 5.74) is 1.13. The summed E-state index contributed by atoms with van der Waals surface area (Å²) < 4.78 is 11.2. The molecule has 0 atom stereocenters. The number of aromatic nitrogens is 1. The van der Waals surface area contributed by atoms with E-state index >= 15 is 0 Å². The summed E-state index contributed by atoms with van der Waals surface area (Å²) in [4.78, 5) is 5.37. The van der Waals surface area contributed by atoms with Gasteiger partial charge in [0.25, 0.3) is 0 Å². The molecule has 0 aliphatic heterocycles. The van der Waals surface area contributed by atoms with Crippen LogP contribution in [0.1, 0.15) is 29.3 Å². The summed E-state index contributed by atoms with van der Waals surface area (Å²) in [7, 11) is 1.66. The number of thiazole rings is 1. The highest BCUT2D eigenvalue weighted by molar-refractivity contribution is 7.11. The minimum absolute atomic E-state index is 0.434. The molecule has 0 unspecified atom stereocenters. The van der Waals surface area contributed by atoms with Gasteiger partial charge >= 0.3 is 0 Å². The van der Waals surface area contributed by atoms with Gasteiger partial charge in [0.1, 0.15) is 18.1 Å². The highest BCUT2D eigenvalue weighted by atomic mass is 32.1. The number of benzene rings is 1. The smallest absolute Gasteiger partial charge is 0.128 e. The van der Waals surface area contributed by atoms with Crippen LogP contribution in [0.3, 0.4) is 0 Å². The van der Waals surface area contributed by atoms with E-state index in [0.717, 1.165) is 33.5 Å². The van der Waals surface area contributed by atoms with Gasteiger partial charge in [-0.1, -0.05) is 19.9 Å². The molecule has 0 radical (unpaired) electrons. The van der Waals surface area contributed by atoms with E-state index in [1.165, 1.54) is 0 Å². The van der Waals surface area contributed by atoms with Gasteiger partial charge in [0.2, 0.25) is 0 Å². The van der Waals surface area contributed by atoms with Crippen molar-refractivity contribution in [2.75, 3.05) is 7.11 Å². The van der Waals surface area contributed by atoms with Crippen molar-refractivity contribution in [1.82, 2.24) is 10.3 Å². The van der Waals surface area contributed by atoms with Gasteiger partial charge in [-0.25, -0.2) is 4.98 Å². The molecular weight excluding hydrogens is 284 g/mol. The van der Waals surface area contributed by atoms with E-state index in [9.17, 15) is 0 Å². The van der Waals surface area contributed by atoms with Crippen molar-refractivity contribution in [3.63, 3.8) is 0 Å². The molecule has 5 heteroatoms. The second-order valence-corrected chi connectivity index (χ2v) is 6.46. The van der Waals surface area contributed by atoms with Crippen LogP contribution in [-0.2, 0) is 13.2 Å². The topological polar surface area (TPSA) is 43.4 Å². The Morgan fingerprint density at radius 3 is 2.76 bits per heavy atom. The molecule has 0 aliphatic carbocycles. The molecular formula is C16H22N2O2S. The Labute approximate surface area is 130 Å². The van der Waals surface area contributed by atoms with Crippen LogP contribution >= 0.6 is 11.3 Å². The molecule has 0 aliphatic rings. The highest BCUT2D eigenvalue weighted by Gasteiger charge is 2.08. The van der Waals surface area contributed by atoms with Crippen LogP contribution in [0.15, 0.2) is 24.4 Å². The predicted octanol–water partition coefficient (Wildman–Crippen LogP) is 3.54. The van der Waals surface area contributed by atoms with Crippen molar-refractivity contribution in [3.05, 3.63) is 39.8 Å². The lowest BCUT2D eigenvalue weighted by Crippen LogP contribution is -2.22. The lowest BCUT2D eigenvalue weighted by molar-refractivity contribution is 0.302. The number of hydrogen-bond donors (Lipinski definition) is 1. The van der Waals surface area contributed by atoms with E-state index in [0.29, 0.717) is 12.6 Å². The molecule has 1 heterocycles. The summed E-state index contributed by atoms with van der Waals surface area (Å²) >= 11 is 1.66. The molecule has 0 spiro atoms. The van der Waals surface area contributed by atoms with E-state index in [4.69, 9.17) is 9.47 Å². The van der Waals surface area contributed by atoms with Crippen LogP contribution in [0, 0.1) is 6.92 Å². The van der Waals surface area contributed by atoms with E-state index in [1.807, 2.05) is 31.3 Å². The molecule has 0 fully saturated rings. The molecule has 2 aromatic rings. The number of aryl methyl sites for hydroxylation is 1. The summed E-state index contributed by atoms with van der Waals surface area (Å²) in [6.45, 7) is 7.57. The SMILES string of the molecule is COc1ccc(CNC(C)C)c(OCc2cnc(C)s2)c1. The fourth-order valence-corrected chi connectivity index (χ4v) is 2.59. The van der Waals surface area contributed by atoms with Crippen molar-refractivity contribution in [1.29, 1.82) is 0 Å². The largest absolute Gasteiger partial charge is 0.497 e. The van der Waals surface area contributed by atoms with Gasteiger partial charge in [0, 0.05) is 30.4 Å². The average Bonchev–Trinajstić information content (AvgIpc) is 2.88. The van der Waals surface area contributed by atoms with Gasteiger partial charge in [-0.15, -0.1) is 11.3 Å². The minimum Gasteiger partial charge on any atom is -0.497 e. The normalized spacial score (nSPS) is 10.9. The fraction of sp³-hybridized carbons (Fsp3) is 0.438. The first-order chi connectivity index (χ1) is 10.1. The van der Waals surface area contributed by atoms with Crippen LogP contribution in [0.5, 0.6) is 11.5 Å². The van der Waals surface area contributed by atoms with E-state index < -0.39 is 0 Å². The Kier molecular flexibility index (Phi) is 5.59. The standard InChI is InChI=1S/C16H22N2O2S/c1-11(2)17-8-13-5-6-14(19-4)7-16(13)20-10-15-9-18-12(3)21-15/h5-7,9,11,17H,8,10H2,1-4H3. The Hall–Kier alpha value is -1.59. The number of nitrogens with zero attached hydrogens (tertiary/aromatic N) is 1. The second kappa shape index (κ2) is 7.43. The first-order valence-corrected chi connectivity index (χ1v) is 7.84. The van der Waals surface area contributed by atoms with Crippen LogP contribution in [-0.4, -0.2) is 18.1 Å². The zero-order chi connectivity index (χ0) is 15.2. The van der Waals surface area contributed by atoms with Crippen LogP contribution in [0.4, 0.5) is 0 Å². The van der Waals surface area contributed by atoms with E-state index in [1.54, 1.807) is 18.4 Å². The zero-order valence-corrected chi connectivity index (χ0v) is 13.8. The number of nitrogens with one attached hydrogen (secondary N) is 1. The third-order valence-corrected chi connectivity index (χ3v) is 3.90. The number of rotatable bonds is 7. The molecule has 2 rings (SSSR count). The highest BCUT2D eigenvalue weighted by Crippen LogP contribution is 2.26. The van der Waals surface area contributed by atoms with Crippen molar-refractivity contribution in [2.24, 2.45) is 0 Å². The van der Waals surface area contributed by atoms with Crippen molar-refractivity contribution < 1.29 is 9.47 Å². The first kappa shape index (κ1) is 15.8. The Morgan fingerprint density at radius 1 is 1.33 bits per heavy atom. The summed E-state index contributed by atoms with van der Waals surface area (Å²) in [6, 6.07) is 6.37. The molecule has 0 saturated heterocycles. The monoisotopic (exact) mass is 306 g/mol. The third kappa shape index (κ3) is 4.72. The van der Waals surface area contributed by atoms with Crippen molar-refractivity contribution in [2.45, 2.75) is 40.0 Å². The molecule has 114 valence electrons. The third-order valence-electron chi connectivity index (χ3n) is 3.01. The van der Waals surface area contributed by atoms with Gasteiger partial charge in [0.15, 0.2) is 0 Å². The zero-order valence-electron chi connectivity index (χ0n) is 13.0. The number of methoxy groups -OCH3 is 1. The molecule has 0 saturated carbocycles. The minimum atomic E-state index is 0.434.